The van der Waals surface area contributed by atoms with Crippen LogP contribution in [0.3, 0.4) is 0 Å². The standard InChI is InChI=1S/C8H14BrNO/c1-6(9)7(11)10-5-8(2)3-4-8/h6H,3-5H2,1-2H3,(H,10,11). The lowest BCUT2D eigenvalue weighted by atomic mass is 10.1. The fraction of sp³-hybridized carbons (Fsp3) is 0.875. The molecular weight excluding hydrogens is 206 g/mol. The average Bonchev–Trinajstić information content (AvgIpc) is 2.64. The van der Waals surface area contributed by atoms with E-state index in [1.807, 2.05) is 6.92 Å². The number of rotatable bonds is 3. The van der Waals surface area contributed by atoms with Crippen LogP contribution in [0.4, 0.5) is 0 Å². The fourth-order valence-corrected chi connectivity index (χ4v) is 0.993. The summed E-state index contributed by atoms with van der Waals surface area (Å²) in [7, 11) is 0. The van der Waals surface area contributed by atoms with E-state index in [4.69, 9.17) is 0 Å². The first-order valence-corrected chi connectivity index (χ1v) is 4.87. The zero-order chi connectivity index (χ0) is 8.48. The van der Waals surface area contributed by atoms with Crippen molar-refractivity contribution in [2.24, 2.45) is 5.41 Å². The summed E-state index contributed by atoms with van der Waals surface area (Å²) in [6.45, 7) is 4.87. The van der Waals surface area contributed by atoms with Crippen molar-refractivity contribution in [1.82, 2.24) is 5.32 Å². The summed E-state index contributed by atoms with van der Waals surface area (Å²) in [5.74, 6) is 0.0955. The van der Waals surface area contributed by atoms with E-state index >= 15 is 0 Å². The third-order valence-corrected chi connectivity index (χ3v) is 2.57. The highest BCUT2D eigenvalue weighted by Gasteiger charge is 2.37. The molecule has 11 heavy (non-hydrogen) atoms. The topological polar surface area (TPSA) is 29.1 Å². The van der Waals surface area contributed by atoms with Gasteiger partial charge in [-0.15, -0.1) is 0 Å². The maximum Gasteiger partial charge on any atom is 0.233 e. The van der Waals surface area contributed by atoms with E-state index in [-0.39, 0.29) is 10.7 Å². The highest BCUT2D eigenvalue weighted by Crippen LogP contribution is 2.44. The van der Waals surface area contributed by atoms with Gasteiger partial charge in [0.15, 0.2) is 0 Å². The van der Waals surface area contributed by atoms with E-state index in [0.717, 1.165) is 6.54 Å². The molecule has 0 aromatic heterocycles. The van der Waals surface area contributed by atoms with Crippen LogP contribution >= 0.6 is 15.9 Å². The second kappa shape index (κ2) is 3.13. The van der Waals surface area contributed by atoms with Gasteiger partial charge in [-0.3, -0.25) is 4.79 Å². The fourth-order valence-electron chi connectivity index (χ4n) is 0.831. The molecule has 3 heteroatoms. The van der Waals surface area contributed by atoms with Crippen LogP contribution < -0.4 is 5.32 Å². The average molecular weight is 220 g/mol. The molecule has 0 spiro atoms. The van der Waals surface area contributed by atoms with Crippen molar-refractivity contribution in [1.29, 1.82) is 0 Å². The molecular formula is C8H14BrNO. The van der Waals surface area contributed by atoms with Crippen LogP contribution in [0.1, 0.15) is 26.7 Å². The Morgan fingerprint density at radius 1 is 1.73 bits per heavy atom. The molecule has 1 unspecified atom stereocenters. The predicted octanol–water partition coefficient (Wildman–Crippen LogP) is 1.69. The minimum absolute atomic E-state index is 0.0650. The second-order valence-corrected chi connectivity index (χ2v) is 5.02. The van der Waals surface area contributed by atoms with E-state index in [9.17, 15) is 4.79 Å². The lowest BCUT2D eigenvalue weighted by Crippen LogP contribution is -2.33. The van der Waals surface area contributed by atoms with Crippen LogP contribution in [0.5, 0.6) is 0 Å². The van der Waals surface area contributed by atoms with Gasteiger partial charge in [0.1, 0.15) is 0 Å². The van der Waals surface area contributed by atoms with E-state index in [1.165, 1.54) is 12.8 Å². The van der Waals surface area contributed by atoms with Crippen molar-refractivity contribution >= 4 is 21.8 Å². The van der Waals surface area contributed by atoms with Crippen LogP contribution in [-0.2, 0) is 4.79 Å². The maximum absolute atomic E-state index is 11.1. The Morgan fingerprint density at radius 2 is 2.27 bits per heavy atom. The summed E-state index contributed by atoms with van der Waals surface area (Å²) in [5, 5.41) is 2.90. The van der Waals surface area contributed by atoms with Gasteiger partial charge in [-0.25, -0.2) is 0 Å². The minimum atomic E-state index is -0.0650. The summed E-state index contributed by atoms with van der Waals surface area (Å²) in [4.78, 5) is 11.0. The van der Waals surface area contributed by atoms with Crippen molar-refractivity contribution in [3.8, 4) is 0 Å². The Morgan fingerprint density at radius 3 is 2.64 bits per heavy atom. The number of amides is 1. The minimum Gasteiger partial charge on any atom is -0.355 e. The van der Waals surface area contributed by atoms with Crippen molar-refractivity contribution in [2.75, 3.05) is 6.54 Å². The molecule has 1 atom stereocenters. The molecule has 64 valence electrons. The normalized spacial score (nSPS) is 22.5. The van der Waals surface area contributed by atoms with Gasteiger partial charge in [-0.2, -0.15) is 0 Å². The van der Waals surface area contributed by atoms with Gasteiger partial charge >= 0.3 is 0 Å². The van der Waals surface area contributed by atoms with Crippen LogP contribution in [0.2, 0.25) is 0 Å². The molecule has 0 bridgehead atoms. The monoisotopic (exact) mass is 219 g/mol. The van der Waals surface area contributed by atoms with Crippen molar-refractivity contribution in [2.45, 2.75) is 31.5 Å². The van der Waals surface area contributed by atoms with Gasteiger partial charge in [0.05, 0.1) is 4.83 Å². The van der Waals surface area contributed by atoms with E-state index in [2.05, 4.69) is 28.2 Å². The zero-order valence-electron chi connectivity index (χ0n) is 6.98. The molecule has 0 aliphatic heterocycles. The molecule has 2 nitrogen and oxygen atoms in total. The van der Waals surface area contributed by atoms with E-state index in [0.29, 0.717) is 5.41 Å². The Bertz CT molecular complexity index is 163. The third kappa shape index (κ3) is 2.81. The Labute approximate surface area is 75.9 Å². The van der Waals surface area contributed by atoms with E-state index in [1.54, 1.807) is 0 Å². The quantitative estimate of drug-likeness (QED) is 0.720. The Hall–Kier alpha value is -0.0500. The van der Waals surface area contributed by atoms with Crippen LogP contribution in [-0.4, -0.2) is 17.3 Å². The molecule has 1 aliphatic rings. The maximum atomic E-state index is 11.1. The highest BCUT2D eigenvalue weighted by atomic mass is 79.9. The van der Waals surface area contributed by atoms with Gasteiger partial charge in [0.2, 0.25) is 5.91 Å². The molecule has 1 fully saturated rings. The molecule has 0 aromatic carbocycles. The van der Waals surface area contributed by atoms with Crippen molar-refractivity contribution in [3.05, 3.63) is 0 Å². The first kappa shape index (κ1) is 9.04. The first-order valence-electron chi connectivity index (χ1n) is 3.95. The molecule has 0 aromatic rings. The highest BCUT2D eigenvalue weighted by molar-refractivity contribution is 9.10. The lowest BCUT2D eigenvalue weighted by Gasteiger charge is -2.10. The summed E-state index contributed by atoms with van der Waals surface area (Å²) < 4.78 is 0. The lowest BCUT2D eigenvalue weighted by molar-refractivity contribution is -0.120. The number of carbonyl (C=O) groups is 1. The Balaban J connectivity index is 2.16. The summed E-state index contributed by atoms with van der Waals surface area (Å²) in [6, 6.07) is 0. The molecule has 0 radical (unpaired) electrons. The van der Waals surface area contributed by atoms with Crippen molar-refractivity contribution in [3.63, 3.8) is 0 Å². The van der Waals surface area contributed by atoms with Gasteiger partial charge < -0.3 is 5.32 Å². The summed E-state index contributed by atoms with van der Waals surface area (Å²) >= 11 is 3.22. The Kier molecular flexibility index (Phi) is 2.58. The first-order chi connectivity index (χ1) is 5.03. The van der Waals surface area contributed by atoms with Crippen molar-refractivity contribution < 1.29 is 4.79 Å². The molecule has 0 saturated heterocycles. The number of alkyl halides is 1. The van der Waals surface area contributed by atoms with Crippen LogP contribution in [0.25, 0.3) is 0 Å². The summed E-state index contributed by atoms with van der Waals surface area (Å²) in [5.41, 5.74) is 0.414. The van der Waals surface area contributed by atoms with Gasteiger partial charge in [-0.05, 0) is 25.2 Å². The number of carbonyl (C=O) groups excluding carboxylic acids is 1. The molecule has 1 aliphatic carbocycles. The van der Waals surface area contributed by atoms with Crippen LogP contribution in [0.15, 0.2) is 0 Å². The second-order valence-electron chi connectivity index (χ2n) is 3.64. The molecule has 1 N–H and O–H groups in total. The largest absolute Gasteiger partial charge is 0.355 e. The third-order valence-electron chi connectivity index (χ3n) is 2.15. The van der Waals surface area contributed by atoms with Gasteiger partial charge in [-0.1, -0.05) is 22.9 Å². The van der Waals surface area contributed by atoms with Gasteiger partial charge in [0.25, 0.3) is 0 Å². The number of hydrogen-bond acceptors (Lipinski definition) is 1. The number of hydrogen-bond donors (Lipinski definition) is 1. The van der Waals surface area contributed by atoms with Crippen LogP contribution in [0, 0.1) is 5.41 Å². The molecule has 0 heterocycles. The van der Waals surface area contributed by atoms with E-state index < -0.39 is 0 Å². The number of halogens is 1. The molecule has 1 rings (SSSR count). The molecule has 1 amide bonds. The predicted molar refractivity (Wildman–Crippen MR) is 48.7 cm³/mol. The summed E-state index contributed by atoms with van der Waals surface area (Å²) in [6.07, 6.45) is 2.51. The zero-order valence-corrected chi connectivity index (χ0v) is 8.57. The SMILES string of the molecule is CC(Br)C(=O)NCC1(C)CC1. The number of nitrogens with one attached hydrogen (secondary N) is 1. The smallest absolute Gasteiger partial charge is 0.233 e. The molecule has 1 saturated carbocycles. The van der Waals surface area contributed by atoms with Gasteiger partial charge in [0, 0.05) is 6.54 Å².